The van der Waals surface area contributed by atoms with Gasteiger partial charge in [0.05, 0.1) is 15.6 Å². The molecule has 0 saturated carbocycles. The molecule has 0 unspecified atom stereocenters. The number of rotatable bonds is 5. The summed E-state index contributed by atoms with van der Waals surface area (Å²) in [5.41, 5.74) is 7.44. The predicted molar refractivity (Wildman–Crippen MR) is 88.2 cm³/mol. The smallest absolute Gasteiger partial charge is 0.148 e. The van der Waals surface area contributed by atoms with Crippen molar-refractivity contribution in [2.75, 3.05) is 12.3 Å². The van der Waals surface area contributed by atoms with Gasteiger partial charge in [-0.3, -0.25) is 0 Å². The van der Waals surface area contributed by atoms with Gasteiger partial charge in [0.1, 0.15) is 18.1 Å². The maximum atomic E-state index is 5.87. The van der Waals surface area contributed by atoms with Crippen molar-refractivity contribution < 1.29 is 9.47 Å². The molecule has 2 N–H and O–H groups in total. The lowest BCUT2D eigenvalue weighted by atomic mass is 10.2. The number of para-hydroxylation sites is 1. The Morgan fingerprint density at radius 3 is 2.40 bits per heavy atom. The second-order valence-electron chi connectivity index (χ2n) is 4.14. The van der Waals surface area contributed by atoms with E-state index in [2.05, 4.69) is 31.9 Å². The van der Waals surface area contributed by atoms with Crippen LogP contribution >= 0.6 is 31.9 Å². The molecule has 0 bridgehead atoms. The van der Waals surface area contributed by atoms with Crippen LogP contribution in [0.25, 0.3) is 0 Å². The van der Waals surface area contributed by atoms with Crippen LogP contribution in [-0.2, 0) is 6.61 Å². The summed E-state index contributed by atoms with van der Waals surface area (Å²) in [4.78, 5) is 0. The summed E-state index contributed by atoms with van der Waals surface area (Å²) in [6.07, 6.45) is 0. The van der Waals surface area contributed by atoms with Crippen molar-refractivity contribution in [3.63, 3.8) is 0 Å². The second-order valence-corrected chi connectivity index (χ2v) is 5.85. The molecule has 0 aliphatic rings. The summed E-state index contributed by atoms with van der Waals surface area (Å²) in [6, 6.07) is 11.4. The Kier molecular flexibility index (Phi) is 5.31. The molecular formula is C15H15Br2NO2. The third-order valence-corrected chi connectivity index (χ3v) is 3.92. The van der Waals surface area contributed by atoms with Crippen LogP contribution in [0.1, 0.15) is 12.5 Å². The van der Waals surface area contributed by atoms with E-state index < -0.39 is 0 Å². The fourth-order valence-corrected chi connectivity index (χ4v) is 3.01. The third kappa shape index (κ3) is 3.67. The van der Waals surface area contributed by atoms with Crippen molar-refractivity contribution in [2.24, 2.45) is 0 Å². The average Bonchev–Trinajstić information content (AvgIpc) is 2.41. The predicted octanol–water partition coefficient (Wildman–Crippen LogP) is 4.77. The highest BCUT2D eigenvalue weighted by Gasteiger charge is 2.09. The molecule has 0 radical (unpaired) electrons. The molecule has 5 heteroatoms. The summed E-state index contributed by atoms with van der Waals surface area (Å²) >= 11 is 6.95. The highest BCUT2D eigenvalue weighted by atomic mass is 79.9. The molecule has 0 fully saturated rings. The summed E-state index contributed by atoms with van der Waals surface area (Å²) in [5.74, 6) is 1.56. The van der Waals surface area contributed by atoms with E-state index in [1.54, 1.807) is 0 Å². The number of hydrogen-bond acceptors (Lipinski definition) is 3. The van der Waals surface area contributed by atoms with Crippen molar-refractivity contribution in [1.29, 1.82) is 0 Å². The van der Waals surface area contributed by atoms with E-state index in [9.17, 15) is 0 Å². The van der Waals surface area contributed by atoms with Gasteiger partial charge in [0.15, 0.2) is 0 Å². The molecule has 0 spiro atoms. The van der Waals surface area contributed by atoms with Crippen LogP contribution in [0.4, 0.5) is 5.69 Å². The number of nitrogens with two attached hydrogens (primary N) is 1. The van der Waals surface area contributed by atoms with Gasteiger partial charge in [-0.25, -0.2) is 0 Å². The molecule has 0 amide bonds. The number of halogens is 2. The standard InChI is InChI=1S/C15H15Br2NO2/c1-2-19-14-7-6-11(18)8-10(14)9-20-15-12(16)4-3-5-13(15)17/h3-8H,2,9,18H2,1H3. The summed E-state index contributed by atoms with van der Waals surface area (Å²) in [6.45, 7) is 2.95. The number of nitrogen functional groups attached to an aromatic ring is 1. The Bertz CT molecular complexity index is 582. The summed E-state index contributed by atoms with van der Waals surface area (Å²) < 4.78 is 13.2. The average molecular weight is 401 g/mol. The molecule has 20 heavy (non-hydrogen) atoms. The first-order chi connectivity index (χ1) is 9.61. The van der Waals surface area contributed by atoms with Crippen LogP contribution in [0.15, 0.2) is 45.3 Å². The summed E-state index contributed by atoms with van der Waals surface area (Å²) in [5, 5.41) is 0. The second kappa shape index (κ2) is 6.99. The molecule has 0 aliphatic heterocycles. The highest BCUT2D eigenvalue weighted by Crippen LogP contribution is 2.34. The Hall–Kier alpha value is -1.20. The first kappa shape index (κ1) is 15.2. The zero-order valence-corrected chi connectivity index (χ0v) is 14.2. The Labute approximate surface area is 135 Å². The molecule has 106 valence electrons. The fraction of sp³-hybridized carbons (Fsp3) is 0.200. The van der Waals surface area contributed by atoms with E-state index in [0.717, 1.165) is 26.0 Å². The van der Waals surface area contributed by atoms with Gasteiger partial charge in [-0.1, -0.05) is 6.07 Å². The first-order valence-corrected chi connectivity index (χ1v) is 7.78. The maximum absolute atomic E-state index is 5.87. The molecule has 2 aromatic carbocycles. The molecular weight excluding hydrogens is 386 g/mol. The Morgan fingerprint density at radius 2 is 1.75 bits per heavy atom. The quantitative estimate of drug-likeness (QED) is 0.735. The van der Waals surface area contributed by atoms with E-state index >= 15 is 0 Å². The molecule has 2 aromatic rings. The van der Waals surface area contributed by atoms with E-state index in [0.29, 0.717) is 18.9 Å². The van der Waals surface area contributed by atoms with Crippen LogP contribution in [-0.4, -0.2) is 6.61 Å². The number of benzene rings is 2. The lowest BCUT2D eigenvalue weighted by Gasteiger charge is -2.14. The van der Waals surface area contributed by atoms with Crippen molar-refractivity contribution in [3.05, 3.63) is 50.9 Å². The van der Waals surface area contributed by atoms with Gasteiger partial charge in [-0.15, -0.1) is 0 Å². The molecule has 0 aliphatic carbocycles. The van der Waals surface area contributed by atoms with Gasteiger partial charge in [0.25, 0.3) is 0 Å². The molecule has 0 atom stereocenters. The summed E-state index contributed by atoms with van der Waals surface area (Å²) in [7, 11) is 0. The molecule has 0 heterocycles. The minimum Gasteiger partial charge on any atom is -0.493 e. The van der Waals surface area contributed by atoms with Crippen molar-refractivity contribution in [2.45, 2.75) is 13.5 Å². The molecule has 3 nitrogen and oxygen atoms in total. The first-order valence-electron chi connectivity index (χ1n) is 6.19. The van der Waals surface area contributed by atoms with Gasteiger partial charge in [0.2, 0.25) is 0 Å². The fourth-order valence-electron chi connectivity index (χ4n) is 1.78. The van der Waals surface area contributed by atoms with Crippen LogP contribution in [0.2, 0.25) is 0 Å². The number of hydrogen-bond donors (Lipinski definition) is 1. The lowest BCUT2D eigenvalue weighted by Crippen LogP contribution is -2.02. The number of anilines is 1. The lowest BCUT2D eigenvalue weighted by molar-refractivity contribution is 0.284. The van der Waals surface area contributed by atoms with E-state index in [-0.39, 0.29) is 0 Å². The maximum Gasteiger partial charge on any atom is 0.148 e. The van der Waals surface area contributed by atoms with Gasteiger partial charge in [-0.2, -0.15) is 0 Å². The van der Waals surface area contributed by atoms with Crippen LogP contribution in [0, 0.1) is 0 Å². The zero-order valence-electron chi connectivity index (χ0n) is 11.0. The molecule has 0 aromatic heterocycles. The van der Waals surface area contributed by atoms with Gasteiger partial charge in [-0.05, 0) is 69.1 Å². The third-order valence-electron chi connectivity index (χ3n) is 2.68. The van der Waals surface area contributed by atoms with Crippen molar-refractivity contribution >= 4 is 37.5 Å². The molecule has 2 rings (SSSR count). The largest absolute Gasteiger partial charge is 0.493 e. The monoisotopic (exact) mass is 399 g/mol. The topological polar surface area (TPSA) is 44.5 Å². The Balaban J connectivity index is 2.20. The van der Waals surface area contributed by atoms with Crippen molar-refractivity contribution in [1.82, 2.24) is 0 Å². The van der Waals surface area contributed by atoms with Gasteiger partial charge >= 0.3 is 0 Å². The van der Waals surface area contributed by atoms with Crippen LogP contribution in [0.3, 0.4) is 0 Å². The highest BCUT2D eigenvalue weighted by molar-refractivity contribution is 9.11. The zero-order chi connectivity index (χ0) is 14.5. The van der Waals surface area contributed by atoms with Crippen LogP contribution < -0.4 is 15.2 Å². The Morgan fingerprint density at radius 1 is 1.05 bits per heavy atom. The number of ether oxygens (including phenoxy) is 2. The van der Waals surface area contributed by atoms with Gasteiger partial charge < -0.3 is 15.2 Å². The van der Waals surface area contributed by atoms with Crippen LogP contribution in [0.5, 0.6) is 11.5 Å². The minimum absolute atomic E-state index is 0.390. The molecule has 0 saturated heterocycles. The van der Waals surface area contributed by atoms with Crippen molar-refractivity contribution in [3.8, 4) is 11.5 Å². The minimum atomic E-state index is 0.390. The van der Waals surface area contributed by atoms with E-state index in [4.69, 9.17) is 15.2 Å². The normalized spacial score (nSPS) is 10.3. The SMILES string of the molecule is CCOc1ccc(N)cc1COc1c(Br)cccc1Br. The van der Waals surface area contributed by atoms with Gasteiger partial charge in [0, 0.05) is 11.3 Å². The van der Waals surface area contributed by atoms with E-state index in [1.807, 2.05) is 43.3 Å². The van der Waals surface area contributed by atoms with E-state index in [1.165, 1.54) is 0 Å².